The first-order valence-corrected chi connectivity index (χ1v) is 5.99. The van der Waals surface area contributed by atoms with Crippen LogP contribution >= 0.6 is 0 Å². The van der Waals surface area contributed by atoms with Gasteiger partial charge in [-0.25, -0.2) is 0 Å². The normalized spacial score (nSPS) is 9.94. The smallest absolute Gasteiger partial charge is 0.137 e. The zero-order chi connectivity index (χ0) is 12.5. The molecule has 0 fully saturated rings. The predicted molar refractivity (Wildman–Crippen MR) is 67.1 cm³/mol. The largest absolute Gasteiger partial charge is 0.490 e. The molecule has 0 aliphatic rings. The molecule has 17 heavy (non-hydrogen) atoms. The summed E-state index contributed by atoms with van der Waals surface area (Å²) < 4.78 is 10.9. The summed E-state index contributed by atoms with van der Waals surface area (Å²) in [5, 5.41) is 8.95. The number of nitrogens with zero attached hydrogens (tertiary/aromatic N) is 1. The van der Waals surface area contributed by atoms with Crippen molar-refractivity contribution in [1.82, 2.24) is 0 Å². The number of benzene rings is 1. The average Bonchev–Trinajstić information content (AvgIpc) is 2.35. The van der Waals surface area contributed by atoms with Gasteiger partial charge in [-0.05, 0) is 31.0 Å². The van der Waals surface area contributed by atoms with Crippen molar-refractivity contribution in [2.75, 3.05) is 19.8 Å². The third-order valence-electron chi connectivity index (χ3n) is 2.38. The average molecular weight is 233 g/mol. The Bertz CT molecular complexity index is 382. The number of rotatable bonds is 7. The minimum atomic E-state index is 0.488. The van der Waals surface area contributed by atoms with Crippen molar-refractivity contribution in [2.24, 2.45) is 0 Å². The van der Waals surface area contributed by atoms with E-state index in [1.54, 1.807) is 0 Å². The molecule has 0 spiro atoms. The van der Waals surface area contributed by atoms with Gasteiger partial charge < -0.3 is 9.47 Å². The third-order valence-corrected chi connectivity index (χ3v) is 2.38. The van der Waals surface area contributed by atoms with Crippen LogP contribution in [0, 0.1) is 18.3 Å². The highest BCUT2D eigenvalue weighted by atomic mass is 16.5. The maximum absolute atomic E-state index is 8.95. The molecule has 0 N–H and O–H groups in total. The number of ether oxygens (including phenoxy) is 2. The highest BCUT2D eigenvalue weighted by Gasteiger charge is 2.02. The van der Waals surface area contributed by atoms with Crippen molar-refractivity contribution >= 4 is 0 Å². The Morgan fingerprint density at radius 3 is 2.76 bits per heavy atom. The fourth-order valence-electron chi connectivity index (χ4n) is 1.42. The first-order chi connectivity index (χ1) is 8.27. The third kappa shape index (κ3) is 4.88. The van der Waals surface area contributed by atoms with Gasteiger partial charge in [0.25, 0.3) is 0 Å². The fraction of sp³-hybridized carbons (Fsp3) is 0.500. The fourth-order valence-corrected chi connectivity index (χ4v) is 1.42. The molecule has 0 atom stereocenters. The second-order valence-corrected chi connectivity index (χ2v) is 3.93. The summed E-state index contributed by atoms with van der Waals surface area (Å²) in [6.45, 7) is 5.92. The molecule has 0 radical (unpaired) electrons. The number of nitriles is 1. The van der Waals surface area contributed by atoms with E-state index in [1.807, 2.05) is 25.1 Å². The lowest BCUT2D eigenvalue weighted by atomic mass is 10.1. The molecular formula is C14H19NO2. The molecule has 0 heterocycles. The minimum Gasteiger partial charge on any atom is -0.490 e. The SMILES string of the molecule is CCCCOCCOc1ccc(C)cc1C#N. The van der Waals surface area contributed by atoms with Gasteiger partial charge in [-0.2, -0.15) is 5.26 Å². The van der Waals surface area contributed by atoms with Crippen molar-refractivity contribution in [3.63, 3.8) is 0 Å². The predicted octanol–water partition coefficient (Wildman–Crippen LogP) is 3.06. The maximum atomic E-state index is 8.95. The summed E-state index contributed by atoms with van der Waals surface area (Å²) in [5.41, 5.74) is 1.65. The molecule has 0 amide bonds. The van der Waals surface area contributed by atoms with Gasteiger partial charge >= 0.3 is 0 Å². The molecule has 1 aromatic carbocycles. The molecule has 0 aromatic heterocycles. The Balaban J connectivity index is 2.34. The zero-order valence-electron chi connectivity index (χ0n) is 10.5. The number of unbranched alkanes of at least 4 members (excludes halogenated alkanes) is 1. The van der Waals surface area contributed by atoms with Gasteiger partial charge in [0.15, 0.2) is 0 Å². The highest BCUT2D eigenvalue weighted by Crippen LogP contribution is 2.18. The molecule has 0 aliphatic carbocycles. The Kier molecular flexibility index (Phi) is 6.13. The van der Waals surface area contributed by atoms with E-state index in [4.69, 9.17) is 14.7 Å². The van der Waals surface area contributed by atoms with E-state index >= 15 is 0 Å². The van der Waals surface area contributed by atoms with Crippen molar-refractivity contribution in [3.8, 4) is 11.8 Å². The summed E-state index contributed by atoms with van der Waals surface area (Å²) >= 11 is 0. The lowest BCUT2D eigenvalue weighted by molar-refractivity contribution is 0.0979. The maximum Gasteiger partial charge on any atom is 0.137 e. The molecular weight excluding hydrogens is 214 g/mol. The molecule has 0 bridgehead atoms. The lowest BCUT2D eigenvalue weighted by Crippen LogP contribution is -2.08. The van der Waals surface area contributed by atoms with Crippen molar-refractivity contribution < 1.29 is 9.47 Å². The van der Waals surface area contributed by atoms with Crippen LogP contribution in [0.4, 0.5) is 0 Å². The standard InChI is InChI=1S/C14H19NO2/c1-3-4-7-16-8-9-17-14-6-5-12(2)10-13(14)11-15/h5-6,10H,3-4,7-9H2,1-2H3. The molecule has 1 aromatic rings. The Morgan fingerprint density at radius 2 is 2.06 bits per heavy atom. The van der Waals surface area contributed by atoms with E-state index in [0.717, 1.165) is 25.0 Å². The number of hydrogen-bond acceptors (Lipinski definition) is 3. The molecule has 3 heteroatoms. The first kappa shape index (κ1) is 13.5. The Morgan fingerprint density at radius 1 is 1.24 bits per heavy atom. The van der Waals surface area contributed by atoms with Crippen molar-refractivity contribution in [2.45, 2.75) is 26.7 Å². The van der Waals surface area contributed by atoms with Crippen LogP contribution in [0.5, 0.6) is 5.75 Å². The summed E-state index contributed by atoms with van der Waals surface area (Å²) in [7, 11) is 0. The number of hydrogen-bond donors (Lipinski definition) is 0. The van der Waals surface area contributed by atoms with Crippen LogP contribution in [-0.2, 0) is 4.74 Å². The molecule has 0 saturated carbocycles. The minimum absolute atomic E-state index is 0.488. The van der Waals surface area contributed by atoms with Crippen LogP contribution in [0.1, 0.15) is 30.9 Å². The van der Waals surface area contributed by atoms with Crippen LogP contribution in [-0.4, -0.2) is 19.8 Å². The molecule has 92 valence electrons. The van der Waals surface area contributed by atoms with Crippen molar-refractivity contribution in [3.05, 3.63) is 29.3 Å². The van der Waals surface area contributed by atoms with Crippen LogP contribution in [0.3, 0.4) is 0 Å². The molecule has 0 saturated heterocycles. The van der Waals surface area contributed by atoms with Gasteiger partial charge in [-0.3, -0.25) is 0 Å². The van der Waals surface area contributed by atoms with E-state index in [2.05, 4.69) is 13.0 Å². The van der Waals surface area contributed by atoms with E-state index in [9.17, 15) is 0 Å². The van der Waals surface area contributed by atoms with Crippen LogP contribution in [0.2, 0.25) is 0 Å². The Labute approximate surface area is 103 Å². The monoisotopic (exact) mass is 233 g/mol. The second kappa shape index (κ2) is 7.70. The van der Waals surface area contributed by atoms with Gasteiger partial charge in [0, 0.05) is 6.61 Å². The summed E-state index contributed by atoms with van der Waals surface area (Å²) in [6, 6.07) is 7.73. The van der Waals surface area contributed by atoms with Gasteiger partial charge in [0.05, 0.1) is 12.2 Å². The van der Waals surface area contributed by atoms with E-state index in [-0.39, 0.29) is 0 Å². The van der Waals surface area contributed by atoms with Gasteiger partial charge in [0.1, 0.15) is 18.4 Å². The van der Waals surface area contributed by atoms with E-state index < -0.39 is 0 Å². The summed E-state index contributed by atoms with van der Waals surface area (Å²) in [4.78, 5) is 0. The molecule has 1 rings (SSSR count). The topological polar surface area (TPSA) is 42.2 Å². The summed E-state index contributed by atoms with van der Waals surface area (Å²) in [5.74, 6) is 0.636. The lowest BCUT2D eigenvalue weighted by Gasteiger charge is -2.08. The van der Waals surface area contributed by atoms with Gasteiger partial charge in [-0.15, -0.1) is 0 Å². The highest BCUT2D eigenvalue weighted by molar-refractivity contribution is 5.45. The van der Waals surface area contributed by atoms with Gasteiger partial charge in [0.2, 0.25) is 0 Å². The molecule has 0 aliphatic heterocycles. The van der Waals surface area contributed by atoms with E-state index in [1.165, 1.54) is 0 Å². The number of aryl methyl sites for hydroxylation is 1. The van der Waals surface area contributed by atoms with Crippen LogP contribution in [0.15, 0.2) is 18.2 Å². The van der Waals surface area contributed by atoms with Crippen LogP contribution in [0.25, 0.3) is 0 Å². The molecule has 3 nitrogen and oxygen atoms in total. The molecule has 0 unspecified atom stereocenters. The summed E-state index contributed by atoms with van der Waals surface area (Å²) in [6.07, 6.45) is 2.21. The quantitative estimate of drug-likeness (QED) is 0.680. The van der Waals surface area contributed by atoms with Crippen molar-refractivity contribution in [1.29, 1.82) is 5.26 Å². The zero-order valence-corrected chi connectivity index (χ0v) is 10.5. The second-order valence-electron chi connectivity index (χ2n) is 3.93. The van der Waals surface area contributed by atoms with Crippen LogP contribution < -0.4 is 4.74 Å². The van der Waals surface area contributed by atoms with E-state index in [0.29, 0.717) is 24.5 Å². The first-order valence-electron chi connectivity index (χ1n) is 5.99. The van der Waals surface area contributed by atoms with Gasteiger partial charge in [-0.1, -0.05) is 19.4 Å². The Hall–Kier alpha value is -1.53.